The second kappa shape index (κ2) is 46.2. The van der Waals surface area contributed by atoms with E-state index in [1.165, 1.54) is 68.8 Å². The molecule has 0 saturated heterocycles. The summed E-state index contributed by atoms with van der Waals surface area (Å²) in [5.74, 6) is -1.98. The average molecular weight is 1490 g/mol. The molecule has 0 saturated carbocycles. The van der Waals surface area contributed by atoms with Gasteiger partial charge in [0.25, 0.3) is 0 Å². The van der Waals surface area contributed by atoms with Crippen molar-refractivity contribution in [1.82, 2.24) is 0 Å². The van der Waals surface area contributed by atoms with E-state index in [-0.39, 0.29) is 162 Å². The van der Waals surface area contributed by atoms with Crippen LogP contribution in [-0.2, 0) is 51.4 Å². The molecule has 0 heterocycles. The standard InChI is InChI=1S/4C19H20O2.2CH4O.Cs.Yb/c4*1-3-14-5-9-16(10-6-14)18(20)13-19(21)17-11-7-15(4-2)8-12-17;2*1-2;;/h4*5-13,20H,3-4H2,1-2H3;2*2H,1H3;;/q;;;;;;+1;+3/p-4/b4*18-13-;;;;. The van der Waals surface area contributed by atoms with E-state index in [0.717, 1.165) is 65.6 Å². The molecule has 0 unspecified atom stereocenters. The molecule has 0 aliphatic carbocycles. The van der Waals surface area contributed by atoms with E-state index in [2.05, 4.69) is 55.4 Å². The first-order valence-corrected chi connectivity index (χ1v) is 29.9. The van der Waals surface area contributed by atoms with Crippen LogP contribution in [0.1, 0.15) is 164 Å². The second-order valence-electron chi connectivity index (χ2n) is 19.9. The van der Waals surface area contributed by atoms with Gasteiger partial charge in [-0.15, -0.1) is 0 Å². The van der Waals surface area contributed by atoms with Gasteiger partial charge >= 0.3 is 116 Å². The van der Waals surface area contributed by atoms with E-state index in [1.807, 2.05) is 97.1 Å². The van der Waals surface area contributed by atoms with E-state index in [9.17, 15) is 39.6 Å². The molecule has 1 radical (unpaired) electrons. The normalized spacial score (nSPS) is 10.8. The summed E-state index contributed by atoms with van der Waals surface area (Å²) in [5.41, 5.74) is 13.8. The van der Waals surface area contributed by atoms with Crippen LogP contribution in [0.2, 0.25) is 0 Å². The third-order valence-electron chi connectivity index (χ3n) is 14.2. The molecule has 0 atom stereocenters. The number of aliphatic hydroxyl groups is 2. The minimum Gasteiger partial charge on any atom is -0.872 e. The van der Waals surface area contributed by atoms with Crippen molar-refractivity contribution in [3.63, 3.8) is 0 Å². The van der Waals surface area contributed by atoms with Crippen molar-refractivity contribution < 1.29 is 166 Å². The van der Waals surface area contributed by atoms with Crippen LogP contribution in [0, 0.1) is 46.9 Å². The monoisotopic (exact) mass is 1490 g/mol. The summed E-state index contributed by atoms with van der Waals surface area (Å²) < 4.78 is 0. The Hall–Kier alpha value is -5.91. The second-order valence-corrected chi connectivity index (χ2v) is 19.9. The number of aliphatic hydroxyl groups excluding tert-OH is 2. The number of benzene rings is 8. The maximum Gasteiger partial charge on any atom is 3.00 e. The maximum absolute atomic E-state index is 12.1. The summed E-state index contributed by atoms with van der Waals surface area (Å²) in [4.78, 5) is 48.3. The van der Waals surface area contributed by atoms with E-state index in [0.29, 0.717) is 44.5 Å². The number of hydrogen-bond donors (Lipinski definition) is 2. The Bertz CT molecular complexity index is 3040. The van der Waals surface area contributed by atoms with Gasteiger partial charge in [-0.05, 0) is 142 Å². The van der Waals surface area contributed by atoms with Gasteiger partial charge in [0.15, 0.2) is 23.1 Å². The fourth-order valence-corrected chi connectivity index (χ4v) is 8.38. The van der Waals surface area contributed by atoms with E-state index >= 15 is 0 Å². The molecule has 0 aromatic heterocycles. The molecular formula is C78H84CsO10Yb. The molecular weight excluding hydrogens is 1400 g/mol. The van der Waals surface area contributed by atoms with Crippen molar-refractivity contribution in [3.05, 3.63) is 307 Å². The number of carbonyl (C=O) groups is 4. The number of rotatable bonds is 20. The van der Waals surface area contributed by atoms with Crippen LogP contribution in [-0.4, -0.2) is 47.6 Å². The summed E-state index contributed by atoms with van der Waals surface area (Å²) in [7, 11) is 2.00. The zero-order valence-electron chi connectivity index (χ0n) is 53.9. The molecule has 10 nitrogen and oxygen atoms in total. The Morgan fingerprint density at radius 1 is 0.244 bits per heavy atom. The quantitative estimate of drug-likeness (QED) is 0.0420. The number of carbonyl (C=O) groups excluding carboxylic acids is 4. The molecule has 0 aliphatic rings. The molecule has 0 bridgehead atoms. The summed E-state index contributed by atoms with van der Waals surface area (Å²) in [6, 6.07) is 59.0. The minimum absolute atomic E-state index is 0. The van der Waals surface area contributed by atoms with Crippen molar-refractivity contribution in [2.45, 2.75) is 107 Å². The topological polar surface area (TPSA) is 201 Å². The minimum atomic E-state index is -0.248. The van der Waals surface area contributed by atoms with Gasteiger partial charge in [-0.25, -0.2) is 0 Å². The van der Waals surface area contributed by atoms with Crippen LogP contribution in [0.5, 0.6) is 0 Å². The Morgan fingerprint density at radius 3 is 0.444 bits per heavy atom. The van der Waals surface area contributed by atoms with Gasteiger partial charge in [0.05, 0.1) is 0 Å². The maximum atomic E-state index is 12.1. The van der Waals surface area contributed by atoms with Crippen LogP contribution in [0.3, 0.4) is 0 Å². The van der Waals surface area contributed by atoms with Crippen molar-refractivity contribution >= 4 is 46.2 Å². The Labute approximate surface area is 632 Å². The smallest absolute Gasteiger partial charge is 0.872 e. The fraction of sp³-hybridized carbons (Fsp3) is 0.231. The first-order valence-electron chi connectivity index (χ1n) is 29.9. The average Bonchev–Trinajstić information content (AvgIpc) is 3.80. The summed E-state index contributed by atoms with van der Waals surface area (Å²) in [6.07, 6.45) is 12.1. The van der Waals surface area contributed by atoms with Crippen molar-refractivity contribution in [2.75, 3.05) is 14.2 Å². The van der Waals surface area contributed by atoms with Gasteiger partial charge in [0.2, 0.25) is 0 Å². The largest absolute Gasteiger partial charge is 3.00 e. The molecule has 0 aliphatic heterocycles. The van der Waals surface area contributed by atoms with Crippen molar-refractivity contribution in [1.29, 1.82) is 0 Å². The fourth-order valence-electron chi connectivity index (χ4n) is 8.38. The van der Waals surface area contributed by atoms with Crippen LogP contribution in [0.4, 0.5) is 0 Å². The predicted molar refractivity (Wildman–Crippen MR) is 352 cm³/mol. The molecule has 12 heteroatoms. The molecule has 2 N–H and O–H groups in total. The molecule has 0 amide bonds. The molecule has 8 aromatic rings. The first kappa shape index (κ1) is 82.1. The number of allylic oxidation sites excluding steroid dienone is 4. The zero-order chi connectivity index (χ0) is 65.0. The first-order chi connectivity index (χ1) is 42.5. The van der Waals surface area contributed by atoms with Crippen LogP contribution >= 0.6 is 0 Å². The Morgan fingerprint density at radius 2 is 0.344 bits per heavy atom. The molecule has 0 fully saturated rings. The van der Waals surface area contributed by atoms with Gasteiger partial charge < -0.3 is 30.6 Å². The van der Waals surface area contributed by atoms with Crippen LogP contribution in [0.25, 0.3) is 23.0 Å². The molecule has 471 valence electrons. The SMILES string of the molecule is CCc1ccc(C(=O)/C=C(\[O-])c2ccc(CC)cc2)cc1.CCc1ccc(C(=O)/C=C(\[O-])c2ccc(CC)cc2)cc1.CCc1ccc(C(=O)/C=C(\[O-])c2ccc(CC)cc2)cc1.CCc1ccc(C(=O)/C=C(\[O-])c2ccc(CC)cc2)cc1.CO.CO.[Cs+].[Yb+3]. The molecule has 8 aromatic carbocycles. The van der Waals surface area contributed by atoms with Gasteiger partial charge in [-0.2, -0.15) is 0 Å². The number of hydrogen-bond acceptors (Lipinski definition) is 10. The summed E-state index contributed by atoms with van der Waals surface area (Å²) >= 11 is 0. The molecule has 0 spiro atoms. The third kappa shape index (κ3) is 28.3. The van der Waals surface area contributed by atoms with Crippen molar-refractivity contribution in [3.8, 4) is 0 Å². The van der Waals surface area contributed by atoms with Crippen LogP contribution < -0.4 is 89.3 Å². The van der Waals surface area contributed by atoms with E-state index in [4.69, 9.17) is 10.2 Å². The van der Waals surface area contributed by atoms with Gasteiger partial charge in [-0.1, -0.05) is 273 Å². The van der Waals surface area contributed by atoms with Gasteiger partial charge in [-0.3, -0.25) is 19.2 Å². The van der Waals surface area contributed by atoms with E-state index < -0.39 is 0 Å². The summed E-state index contributed by atoms with van der Waals surface area (Å²) in [6.45, 7) is 16.5. The zero-order valence-corrected chi connectivity index (χ0v) is 61.9. The van der Waals surface area contributed by atoms with Crippen molar-refractivity contribution in [2.24, 2.45) is 0 Å². The predicted octanol–water partition coefficient (Wildman–Crippen LogP) is 9.80. The number of aryl methyl sites for hydroxylation is 8. The molecule has 8 rings (SSSR count). The summed E-state index contributed by atoms with van der Waals surface area (Å²) in [5, 5.41) is 62.3. The van der Waals surface area contributed by atoms with Crippen LogP contribution in [0.15, 0.2) is 218 Å². The molecule has 90 heavy (non-hydrogen) atoms. The van der Waals surface area contributed by atoms with E-state index in [1.54, 1.807) is 97.1 Å². The van der Waals surface area contributed by atoms with Gasteiger partial charge in [0.1, 0.15) is 0 Å². The van der Waals surface area contributed by atoms with Gasteiger partial charge in [0, 0.05) is 36.5 Å². The Balaban J connectivity index is 0.000000584. The third-order valence-corrected chi connectivity index (χ3v) is 14.2. The number of ketones is 4. The Kier molecular flexibility index (Phi) is 42.1.